The molecule has 1 aromatic heterocycles. The van der Waals surface area contributed by atoms with Gasteiger partial charge >= 0.3 is 0 Å². The summed E-state index contributed by atoms with van der Waals surface area (Å²) >= 11 is 0. The maximum absolute atomic E-state index is 12.4. The van der Waals surface area contributed by atoms with Gasteiger partial charge in [-0.3, -0.25) is 10.1 Å². The first kappa shape index (κ1) is 19.4. The zero-order valence-electron chi connectivity index (χ0n) is 15.3. The van der Waals surface area contributed by atoms with E-state index in [4.69, 9.17) is 9.15 Å². The fourth-order valence-corrected chi connectivity index (χ4v) is 3.44. The van der Waals surface area contributed by atoms with Crippen LogP contribution >= 0.6 is 0 Å². The quantitative estimate of drug-likeness (QED) is 0.382. The van der Waals surface area contributed by atoms with Crippen molar-refractivity contribution in [2.45, 2.75) is 18.7 Å². The molecule has 3 rings (SSSR count). The van der Waals surface area contributed by atoms with Crippen molar-refractivity contribution in [3.63, 3.8) is 0 Å². The Labute approximate surface area is 160 Å². The molecule has 0 aliphatic heterocycles. The van der Waals surface area contributed by atoms with E-state index in [-0.39, 0.29) is 16.3 Å². The minimum Gasteiger partial charge on any atom is -0.493 e. The van der Waals surface area contributed by atoms with E-state index in [0.29, 0.717) is 22.7 Å². The van der Waals surface area contributed by atoms with Crippen LogP contribution in [0.4, 0.5) is 5.69 Å². The summed E-state index contributed by atoms with van der Waals surface area (Å²) in [5, 5.41) is 15.7. The standard InChI is InChI=1S/C18H17N3O6S/c1-11-7-8-14(10-15(11)21(22)23)28(24,25)20-19-12(2)17-9-13-5-4-6-16(26-3)18(13)27-17/h4-10,20H,1-3H3/b19-12-. The lowest BCUT2D eigenvalue weighted by atomic mass is 10.2. The zero-order chi connectivity index (χ0) is 20.5. The van der Waals surface area contributed by atoms with Crippen molar-refractivity contribution in [1.29, 1.82) is 0 Å². The topological polar surface area (TPSA) is 124 Å². The molecule has 0 radical (unpaired) electrons. The van der Waals surface area contributed by atoms with Gasteiger partial charge in [0, 0.05) is 17.0 Å². The number of nitrogens with zero attached hydrogens (tertiary/aromatic N) is 2. The molecule has 146 valence electrons. The molecular formula is C18H17N3O6S. The number of nitrogens with one attached hydrogen (secondary N) is 1. The van der Waals surface area contributed by atoms with E-state index in [0.717, 1.165) is 11.5 Å². The zero-order valence-corrected chi connectivity index (χ0v) is 16.1. The fourth-order valence-electron chi connectivity index (χ4n) is 2.56. The summed E-state index contributed by atoms with van der Waals surface area (Å²) in [6.45, 7) is 3.10. The third kappa shape index (κ3) is 3.67. The van der Waals surface area contributed by atoms with Gasteiger partial charge in [-0.1, -0.05) is 18.2 Å². The maximum Gasteiger partial charge on any atom is 0.276 e. The molecule has 3 aromatic rings. The molecule has 0 bridgehead atoms. The first-order valence-corrected chi connectivity index (χ1v) is 9.59. The third-order valence-electron chi connectivity index (χ3n) is 4.11. The molecule has 1 N–H and O–H groups in total. The van der Waals surface area contributed by atoms with E-state index in [9.17, 15) is 18.5 Å². The molecule has 0 aliphatic carbocycles. The lowest BCUT2D eigenvalue weighted by Crippen LogP contribution is -2.20. The Hall–Kier alpha value is -3.40. The van der Waals surface area contributed by atoms with Gasteiger partial charge in [0.2, 0.25) is 0 Å². The number of hydrazone groups is 1. The molecule has 2 aromatic carbocycles. The number of fused-ring (bicyclic) bond motifs is 1. The summed E-state index contributed by atoms with van der Waals surface area (Å²) in [6, 6.07) is 10.7. The lowest BCUT2D eigenvalue weighted by molar-refractivity contribution is -0.385. The first-order chi connectivity index (χ1) is 13.2. The van der Waals surface area contributed by atoms with Crippen molar-refractivity contribution in [1.82, 2.24) is 4.83 Å². The smallest absolute Gasteiger partial charge is 0.276 e. The Kier molecular flexibility index (Phi) is 5.06. The van der Waals surface area contributed by atoms with Gasteiger partial charge in [-0.15, -0.1) is 0 Å². The molecule has 0 saturated carbocycles. The van der Waals surface area contributed by atoms with E-state index in [2.05, 4.69) is 9.93 Å². The highest BCUT2D eigenvalue weighted by atomic mass is 32.2. The van der Waals surface area contributed by atoms with Crippen LogP contribution in [0.5, 0.6) is 5.75 Å². The molecule has 1 heterocycles. The van der Waals surface area contributed by atoms with Gasteiger partial charge in [0.1, 0.15) is 5.71 Å². The van der Waals surface area contributed by atoms with Crippen molar-refractivity contribution >= 4 is 32.4 Å². The first-order valence-electron chi connectivity index (χ1n) is 8.11. The number of rotatable bonds is 6. The predicted octanol–water partition coefficient (Wildman–Crippen LogP) is 3.36. The van der Waals surface area contributed by atoms with Crippen molar-refractivity contribution in [3.05, 3.63) is 63.9 Å². The summed E-state index contributed by atoms with van der Waals surface area (Å²) in [4.78, 5) is 12.2. The normalized spacial score (nSPS) is 12.2. The van der Waals surface area contributed by atoms with Gasteiger partial charge < -0.3 is 9.15 Å². The monoisotopic (exact) mass is 403 g/mol. The number of sulfonamides is 1. The number of hydrogen-bond donors (Lipinski definition) is 1. The van der Waals surface area contributed by atoms with Gasteiger partial charge in [-0.2, -0.15) is 18.4 Å². The van der Waals surface area contributed by atoms with E-state index >= 15 is 0 Å². The summed E-state index contributed by atoms with van der Waals surface area (Å²) in [6.07, 6.45) is 0. The summed E-state index contributed by atoms with van der Waals surface area (Å²) in [5.41, 5.74) is 0.878. The summed E-state index contributed by atoms with van der Waals surface area (Å²) in [5.74, 6) is 0.904. The van der Waals surface area contributed by atoms with Crippen molar-refractivity contribution in [2.24, 2.45) is 5.10 Å². The number of nitro benzene ring substituents is 1. The molecule has 0 atom stereocenters. The van der Waals surface area contributed by atoms with Gasteiger partial charge in [0.15, 0.2) is 17.1 Å². The number of furan rings is 1. The van der Waals surface area contributed by atoms with Gasteiger partial charge in [-0.25, -0.2) is 0 Å². The van der Waals surface area contributed by atoms with Crippen LogP contribution in [0.3, 0.4) is 0 Å². The second kappa shape index (κ2) is 7.31. The Bertz CT molecular complexity index is 1200. The number of hydrogen-bond acceptors (Lipinski definition) is 7. The van der Waals surface area contributed by atoms with Crippen molar-refractivity contribution in [3.8, 4) is 5.75 Å². The van der Waals surface area contributed by atoms with E-state index in [1.54, 1.807) is 25.1 Å². The molecule has 0 amide bonds. The lowest BCUT2D eigenvalue weighted by Gasteiger charge is -2.05. The SMILES string of the molecule is COc1cccc2cc(/C(C)=N\NS(=O)(=O)c3ccc(C)c([N+](=O)[O-])c3)oc12. The Morgan fingerprint density at radius 1 is 1.25 bits per heavy atom. The number of methoxy groups -OCH3 is 1. The second-order valence-corrected chi connectivity index (χ2v) is 7.65. The fraction of sp³-hybridized carbons (Fsp3) is 0.167. The molecule has 0 saturated heterocycles. The van der Waals surface area contributed by atoms with Crippen LogP contribution < -0.4 is 9.57 Å². The van der Waals surface area contributed by atoms with Crippen LogP contribution in [-0.4, -0.2) is 26.2 Å². The van der Waals surface area contributed by atoms with Gasteiger partial charge in [0.05, 0.1) is 16.9 Å². The molecular weight excluding hydrogens is 386 g/mol. The average Bonchev–Trinajstić information content (AvgIpc) is 3.10. The maximum atomic E-state index is 12.4. The molecule has 0 aliphatic rings. The van der Waals surface area contributed by atoms with Crippen LogP contribution in [-0.2, 0) is 10.0 Å². The summed E-state index contributed by atoms with van der Waals surface area (Å²) < 4.78 is 35.8. The number of aryl methyl sites for hydroxylation is 1. The Morgan fingerprint density at radius 2 is 2.00 bits per heavy atom. The van der Waals surface area contributed by atoms with E-state index < -0.39 is 14.9 Å². The minimum absolute atomic E-state index is 0.257. The van der Waals surface area contributed by atoms with Crippen LogP contribution in [0.15, 0.2) is 56.9 Å². The molecule has 0 unspecified atom stereocenters. The second-order valence-electron chi connectivity index (χ2n) is 5.99. The molecule has 0 fully saturated rings. The highest BCUT2D eigenvalue weighted by Crippen LogP contribution is 2.28. The van der Waals surface area contributed by atoms with Crippen LogP contribution in [0, 0.1) is 17.0 Å². The van der Waals surface area contributed by atoms with Gasteiger partial charge in [-0.05, 0) is 32.0 Å². The van der Waals surface area contributed by atoms with E-state index in [1.165, 1.54) is 26.2 Å². The molecule has 0 spiro atoms. The average molecular weight is 403 g/mol. The largest absolute Gasteiger partial charge is 0.493 e. The highest BCUT2D eigenvalue weighted by Gasteiger charge is 2.20. The van der Waals surface area contributed by atoms with Crippen LogP contribution in [0.25, 0.3) is 11.0 Å². The number of nitro groups is 1. The molecule has 10 heteroatoms. The Morgan fingerprint density at radius 3 is 2.68 bits per heavy atom. The minimum atomic E-state index is -4.09. The van der Waals surface area contributed by atoms with Gasteiger partial charge in [0.25, 0.3) is 15.7 Å². The number of benzene rings is 2. The molecule has 9 nitrogen and oxygen atoms in total. The predicted molar refractivity (Wildman–Crippen MR) is 103 cm³/mol. The highest BCUT2D eigenvalue weighted by molar-refractivity contribution is 7.89. The third-order valence-corrected chi connectivity index (χ3v) is 5.31. The number of ether oxygens (including phenoxy) is 1. The molecule has 28 heavy (non-hydrogen) atoms. The number of para-hydroxylation sites is 1. The summed E-state index contributed by atoms with van der Waals surface area (Å²) in [7, 11) is -2.57. The van der Waals surface area contributed by atoms with Crippen molar-refractivity contribution in [2.75, 3.05) is 7.11 Å². The van der Waals surface area contributed by atoms with Crippen molar-refractivity contribution < 1.29 is 22.5 Å². The van der Waals surface area contributed by atoms with E-state index in [1.807, 2.05) is 6.07 Å². The van der Waals surface area contributed by atoms with Crippen LogP contribution in [0.2, 0.25) is 0 Å². The van der Waals surface area contributed by atoms with Crippen LogP contribution in [0.1, 0.15) is 18.2 Å². The Balaban J connectivity index is 1.90.